The lowest BCUT2D eigenvalue weighted by Crippen LogP contribution is -2.49. The minimum Gasteiger partial charge on any atom is -0.462 e. The second kappa shape index (κ2) is 14.4. The molecule has 1 heterocycles. The number of carbonyl (C=O) groups is 1. The summed E-state index contributed by atoms with van der Waals surface area (Å²) in [7, 11) is 0. The molecule has 0 bridgehead atoms. The maximum Gasteiger partial charge on any atom is 0.314 e. The van der Waals surface area contributed by atoms with Crippen molar-refractivity contribution in [2.75, 3.05) is 26.4 Å². The van der Waals surface area contributed by atoms with E-state index in [-0.39, 0.29) is 13.0 Å². The van der Waals surface area contributed by atoms with Crippen molar-refractivity contribution in [1.29, 1.82) is 0 Å². The number of benzene rings is 3. The smallest absolute Gasteiger partial charge is 0.314 e. The van der Waals surface area contributed by atoms with Gasteiger partial charge in [-0.15, -0.1) is 0 Å². The fraction of sp³-hybridized carbons (Fsp3) is 0.457. The molecular formula is C35H45NO6. The van der Waals surface area contributed by atoms with Crippen LogP contribution >= 0.6 is 0 Å². The summed E-state index contributed by atoms with van der Waals surface area (Å²) in [5, 5.41) is 2.14. The van der Waals surface area contributed by atoms with E-state index >= 15 is 0 Å². The van der Waals surface area contributed by atoms with Crippen LogP contribution in [0.25, 0.3) is 0 Å². The van der Waals surface area contributed by atoms with Crippen LogP contribution in [0.15, 0.2) is 91.0 Å². The Balaban J connectivity index is 1.65. The summed E-state index contributed by atoms with van der Waals surface area (Å²) in [6.07, 6.45) is 1.03. The Morgan fingerprint density at radius 3 is 1.60 bits per heavy atom. The minimum atomic E-state index is -1.48. The first-order chi connectivity index (χ1) is 20.3. The second-order valence-corrected chi connectivity index (χ2v) is 10.9. The topological polar surface area (TPSA) is 66.5 Å². The molecular weight excluding hydrogens is 530 g/mol. The van der Waals surface area contributed by atoms with Gasteiger partial charge in [0.25, 0.3) is 5.97 Å². The van der Waals surface area contributed by atoms with Crippen LogP contribution in [0, 0.1) is 0 Å². The lowest BCUT2D eigenvalue weighted by atomic mass is 9.89. The summed E-state index contributed by atoms with van der Waals surface area (Å²) < 4.78 is 23.1. The Morgan fingerprint density at radius 1 is 0.738 bits per heavy atom. The van der Waals surface area contributed by atoms with Crippen LogP contribution in [0.2, 0.25) is 0 Å². The summed E-state index contributed by atoms with van der Waals surface area (Å²) in [5.41, 5.74) is 2.41. The number of carbonyl (C=O) groups excluding carboxylic acids is 1. The van der Waals surface area contributed by atoms with E-state index in [4.69, 9.17) is 23.8 Å². The van der Waals surface area contributed by atoms with Gasteiger partial charge in [-0.25, -0.2) is 0 Å². The lowest BCUT2D eigenvalue weighted by molar-refractivity contribution is -0.376. The Bertz CT molecular complexity index is 1170. The van der Waals surface area contributed by atoms with Gasteiger partial charge in [-0.1, -0.05) is 91.0 Å². The first-order valence-corrected chi connectivity index (χ1v) is 15.0. The first kappa shape index (κ1) is 31.9. The standard InChI is InChI=1S/C35H45NO6/c1-6-39-35(40-7-2,41-8-3)26-32(37)38-27-31(28-18-12-9-13-19-28)42-36-33(4,29-20-14-10-15-21-29)24-25-34(36,5)30-22-16-11-17-23-30/h9-23,31H,6-8,24-27H2,1-5H3/t31?,33-,34+. The zero-order valence-electron chi connectivity index (χ0n) is 25.6. The number of esters is 1. The van der Waals surface area contributed by atoms with Crippen molar-refractivity contribution in [2.24, 2.45) is 0 Å². The molecule has 0 spiro atoms. The van der Waals surface area contributed by atoms with Crippen LogP contribution in [-0.4, -0.2) is 43.4 Å². The van der Waals surface area contributed by atoms with Crippen molar-refractivity contribution < 1.29 is 28.6 Å². The molecule has 1 aliphatic heterocycles. The maximum atomic E-state index is 13.2. The number of hydrogen-bond donors (Lipinski definition) is 0. The highest BCUT2D eigenvalue weighted by Crippen LogP contribution is 2.53. The van der Waals surface area contributed by atoms with Crippen LogP contribution in [0.1, 0.15) is 76.7 Å². The van der Waals surface area contributed by atoms with Gasteiger partial charge in [0, 0.05) is 19.8 Å². The van der Waals surface area contributed by atoms with E-state index in [9.17, 15) is 4.79 Å². The molecule has 1 unspecified atom stereocenters. The molecule has 7 nitrogen and oxygen atoms in total. The Kier molecular flexibility index (Phi) is 10.9. The third-order valence-corrected chi connectivity index (χ3v) is 8.04. The van der Waals surface area contributed by atoms with Crippen molar-refractivity contribution in [3.8, 4) is 0 Å². The Morgan fingerprint density at radius 2 is 1.17 bits per heavy atom. The fourth-order valence-corrected chi connectivity index (χ4v) is 5.90. The molecule has 3 aromatic rings. The molecule has 0 amide bonds. The van der Waals surface area contributed by atoms with E-state index in [1.807, 2.05) is 63.2 Å². The van der Waals surface area contributed by atoms with Gasteiger partial charge in [0.1, 0.15) is 19.1 Å². The molecule has 0 aromatic heterocycles. The van der Waals surface area contributed by atoms with Gasteiger partial charge in [-0.2, -0.15) is 5.06 Å². The summed E-state index contributed by atoms with van der Waals surface area (Å²) in [6, 6.07) is 30.8. The highest BCUT2D eigenvalue weighted by molar-refractivity contribution is 5.70. The van der Waals surface area contributed by atoms with Gasteiger partial charge in [0.05, 0.1) is 11.1 Å². The van der Waals surface area contributed by atoms with Gasteiger partial charge in [0.2, 0.25) is 0 Å². The van der Waals surface area contributed by atoms with Crippen molar-refractivity contribution in [1.82, 2.24) is 5.06 Å². The third kappa shape index (κ3) is 7.10. The van der Waals surface area contributed by atoms with Crippen molar-refractivity contribution >= 4 is 5.97 Å². The van der Waals surface area contributed by atoms with Gasteiger partial charge in [-0.05, 0) is 64.2 Å². The molecule has 0 N–H and O–H groups in total. The van der Waals surface area contributed by atoms with Crippen LogP contribution in [0.3, 0.4) is 0 Å². The van der Waals surface area contributed by atoms with E-state index in [1.54, 1.807) is 0 Å². The predicted octanol–water partition coefficient (Wildman–Crippen LogP) is 7.28. The molecule has 1 saturated heterocycles. The van der Waals surface area contributed by atoms with Gasteiger partial charge in [0.15, 0.2) is 0 Å². The monoisotopic (exact) mass is 575 g/mol. The third-order valence-electron chi connectivity index (χ3n) is 8.04. The molecule has 0 aliphatic carbocycles. The molecule has 0 radical (unpaired) electrons. The molecule has 1 aliphatic rings. The summed E-state index contributed by atoms with van der Waals surface area (Å²) in [4.78, 5) is 20.2. The predicted molar refractivity (Wildman–Crippen MR) is 162 cm³/mol. The Labute approximate surface area is 250 Å². The molecule has 7 heteroatoms. The number of hydroxylamine groups is 2. The van der Waals surface area contributed by atoms with Gasteiger partial charge < -0.3 is 18.9 Å². The normalized spacial score (nSPS) is 21.7. The van der Waals surface area contributed by atoms with Crippen LogP contribution in [0.5, 0.6) is 0 Å². The zero-order valence-corrected chi connectivity index (χ0v) is 25.6. The van der Waals surface area contributed by atoms with E-state index in [0.29, 0.717) is 19.8 Å². The zero-order chi connectivity index (χ0) is 30.1. The average molecular weight is 576 g/mol. The average Bonchev–Trinajstić information content (AvgIpc) is 3.28. The van der Waals surface area contributed by atoms with Crippen LogP contribution in [-0.2, 0) is 39.7 Å². The second-order valence-electron chi connectivity index (χ2n) is 10.9. The molecule has 42 heavy (non-hydrogen) atoms. The quantitative estimate of drug-likeness (QED) is 0.139. The van der Waals surface area contributed by atoms with Crippen molar-refractivity contribution in [3.05, 3.63) is 108 Å². The summed E-state index contributed by atoms with van der Waals surface area (Å²) >= 11 is 0. The minimum absolute atomic E-state index is 0.00947. The van der Waals surface area contributed by atoms with E-state index in [0.717, 1.165) is 18.4 Å². The highest BCUT2D eigenvalue weighted by atomic mass is 16.9. The molecule has 226 valence electrons. The van der Waals surface area contributed by atoms with Gasteiger partial charge >= 0.3 is 5.97 Å². The lowest BCUT2D eigenvalue weighted by Gasteiger charge is -2.45. The SMILES string of the molecule is CCOC(CC(=O)OCC(ON1[C@](C)(c2ccccc2)CC[C@]1(C)c1ccccc1)c1ccccc1)(OCC)OCC. The number of ether oxygens (including phenoxy) is 4. The fourth-order valence-electron chi connectivity index (χ4n) is 5.90. The maximum absolute atomic E-state index is 13.2. The summed E-state index contributed by atoms with van der Waals surface area (Å²) in [5.74, 6) is -1.97. The van der Waals surface area contributed by atoms with Crippen LogP contribution in [0.4, 0.5) is 0 Å². The largest absolute Gasteiger partial charge is 0.462 e. The molecule has 3 atom stereocenters. The van der Waals surface area contributed by atoms with Gasteiger partial charge in [-0.3, -0.25) is 9.63 Å². The number of hydrogen-bond acceptors (Lipinski definition) is 7. The van der Waals surface area contributed by atoms with E-state index in [2.05, 4.69) is 67.4 Å². The Hall–Kier alpha value is -3.07. The number of nitrogens with zero attached hydrogens (tertiary/aromatic N) is 1. The highest BCUT2D eigenvalue weighted by Gasteiger charge is 2.54. The van der Waals surface area contributed by atoms with E-state index in [1.165, 1.54) is 11.1 Å². The van der Waals surface area contributed by atoms with Crippen molar-refractivity contribution in [3.63, 3.8) is 0 Å². The molecule has 3 aromatic carbocycles. The molecule has 1 fully saturated rings. The number of rotatable bonds is 15. The molecule has 0 saturated carbocycles. The first-order valence-electron chi connectivity index (χ1n) is 15.0. The van der Waals surface area contributed by atoms with Crippen LogP contribution < -0.4 is 0 Å². The van der Waals surface area contributed by atoms with E-state index < -0.39 is 29.1 Å². The molecule has 4 rings (SSSR count). The van der Waals surface area contributed by atoms with Crippen molar-refractivity contribution in [2.45, 2.75) is 77.0 Å². The summed E-state index contributed by atoms with van der Waals surface area (Å²) in [6.45, 7) is 10.9.